The van der Waals surface area contributed by atoms with Gasteiger partial charge in [-0.15, -0.1) is 0 Å². The zero-order valence-corrected chi connectivity index (χ0v) is 13.4. The first-order valence-corrected chi connectivity index (χ1v) is 8.48. The zero-order valence-electron chi connectivity index (χ0n) is 13.4. The lowest BCUT2D eigenvalue weighted by Gasteiger charge is -2.31. The number of aromatic amines is 2. The van der Waals surface area contributed by atoms with Crippen molar-refractivity contribution in [2.75, 3.05) is 0 Å². The molecule has 0 saturated heterocycles. The van der Waals surface area contributed by atoms with Crippen LogP contribution in [-0.2, 0) is 0 Å². The predicted octanol–water partition coefficient (Wildman–Crippen LogP) is 4.27. The predicted molar refractivity (Wildman–Crippen MR) is 93.1 cm³/mol. The summed E-state index contributed by atoms with van der Waals surface area (Å²) in [5, 5.41) is 0. The Kier molecular flexibility index (Phi) is 3.81. The summed E-state index contributed by atoms with van der Waals surface area (Å²) in [6.45, 7) is 0. The second-order valence-electron chi connectivity index (χ2n) is 6.69. The fraction of sp³-hybridized carbons (Fsp3) is 0.300. The molecule has 2 aliphatic rings. The van der Waals surface area contributed by atoms with Crippen molar-refractivity contribution in [3.63, 3.8) is 0 Å². The maximum atomic E-state index is 10.9. The smallest absolute Gasteiger partial charge is 0.166 e. The van der Waals surface area contributed by atoms with Crippen LogP contribution >= 0.6 is 0 Å². The lowest BCUT2D eigenvalue weighted by atomic mass is 9.74. The molecule has 2 heterocycles. The highest BCUT2D eigenvalue weighted by molar-refractivity contribution is 5.76. The Hall–Kier alpha value is -2.62. The van der Waals surface area contributed by atoms with Crippen molar-refractivity contribution in [3.05, 3.63) is 64.8 Å². The first-order valence-electron chi connectivity index (χ1n) is 8.48. The summed E-state index contributed by atoms with van der Waals surface area (Å²) in [6, 6.07) is 7.67. The van der Waals surface area contributed by atoms with Gasteiger partial charge < -0.3 is 9.97 Å². The molecule has 2 aromatic heterocycles. The number of nitrogens with one attached hydrogen (secondary N) is 2. The molecule has 4 rings (SSSR count). The van der Waals surface area contributed by atoms with Gasteiger partial charge >= 0.3 is 0 Å². The van der Waals surface area contributed by atoms with Crippen LogP contribution in [0.25, 0.3) is 5.57 Å². The van der Waals surface area contributed by atoms with Gasteiger partial charge in [0.2, 0.25) is 0 Å². The first kappa shape index (κ1) is 14.9. The van der Waals surface area contributed by atoms with E-state index in [1.54, 1.807) is 0 Å². The number of aldehydes is 2. The molecule has 24 heavy (non-hydrogen) atoms. The molecule has 0 bridgehead atoms. The summed E-state index contributed by atoms with van der Waals surface area (Å²) in [5.41, 5.74) is 6.08. The van der Waals surface area contributed by atoms with E-state index in [1.807, 2.05) is 24.3 Å². The van der Waals surface area contributed by atoms with Crippen LogP contribution in [0, 0.1) is 5.92 Å². The Labute approximate surface area is 140 Å². The third-order valence-corrected chi connectivity index (χ3v) is 5.23. The average Bonchev–Trinajstić information content (AvgIpc) is 3.30. The molecule has 0 spiro atoms. The Balaban J connectivity index is 1.63. The second-order valence-corrected chi connectivity index (χ2v) is 6.69. The maximum Gasteiger partial charge on any atom is 0.166 e. The van der Waals surface area contributed by atoms with Crippen molar-refractivity contribution >= 4 is 18.1 Å². The van der Waals surface area contributed by atoms with Gasteiger partial charge in [-0.3, -0.25) is 9.59 Å². The summed E-state index contributed by atoms with van der Waals surface area (Å²) in [5.74, 6) is 0.973. The van der Waals surface area contributed by atoms with Crippen LogP contribution in [-0.4, -0.2) is 22.5 Å². The molecule has 4 heteroatoms. The lowest BCUT2D eigenvalue weighted by molar-refractivity contribution is 0.111. The van der Waals surface area contributed by atoms with E-state index in [0.29, 0.717) is 23.2 Å². The molecule has 2 aliphatic carbocycles. The van der Waals surface area contributed by atoms with E-state index < -0.39 is 0 Å². The van der Waals surface area contributed by atoms with Crippen molar-refractivity contribution in [1.82, 2.24) is 9.97 Å². The largest absolute Gasteiger partial charge is 0.356 e. The fourth-order valence-electron chi connectivity index (χ4n) is 3.92. The molecular weight excluding hydrogens is 300 g/mol. The highest BCUT2D eigenvalue weighted by Crippen LogP contribution is 2.42. The molecule has 4 nitrogen and oxygen atoms in total. The van der Waals surface area contributed by atoms with Gasteiger partial charge in [-0.1, -0.05) is 12.2 Å². The normalized spacial score (nSPS) is 23.2. The third-order valence-electron chi connectivity index (χ3n) is 5.23. The Morgan fingerprint density at radius 2 is 1.71 bits per heavy atom. The van der Waals surface area contributed by atoms with Crippen molar-refractivity contribution in [3.8, 4) is 0 Å². The quantitative estimate of drug-likeness (QED) is 0.826. The van der Waals surface area contributed by atoms with E-state index in [1.165, 1.54) is 17.6 Å². The Morgan fingerprint density at radius 1 is 0.917 bits per heavy atom. The van der Waals surface area contributed by atoms with Crippen molar-refractivity contribution in [2.45, 2.75) is 31.6 Å². The molecule has 0 aliphatic heterocycles. The van der Waals surface area contributed by atoms with E-state index >= 15 is 0 Å². The third kappa shape index (κ3) is 2.68. The van der Waals surface area contributed by atoms with E-state index in [-0.39, 0.29) is 0 Å². The molecular formula is C20H20N2O2. The number of carbonyl (C=O) groups excluding carboxylic acids is 2. The monoisotopic (exact) mass is 320 g/mol. The van der Waals surface area contributed by atoms with Gasteiger partial charge in [0.15, 0.2) is 12.6 Å². The Morgan fingerprint density at radius 3 is 2.46 bits per heavy atom. The van der Waals surface area contributed by atoms with Gasteiger partial charge in [0.1, 0.15) is 0 Å². The molecule has 0 saturated carbocycles. The van der Waals surface area contributed by atoms with Crippen molar-refractivity contribution in [2.24, 2.45) is 5.92 Å². The van der Waals surface area contributed by atoms with Crippen LogP contribution in [0.1, 0.15) is 64.0 Å². The van der Waals surface area contributed by atoms with E-state index in [0.717, 1.165) is 43.2 Å². The summed E-state index contributed by atoms with van der Waals surface area (Å²) in [4.78, 5) is 28.1. The lowest BCUT2D eigenvalue weighted by Crippen LogP contribution is -2.16. The fourth-order valence-corrected chi connectivity index (χ4v) is 3.92. The maximum absolute atomic E-state index is 10.9. The van der Waals surface area contributed by atoms with Gasteiger partial charge in [0.05, 0.1) is 11.4 Å². The van der Waals surface area contributed by atoms with Crippen LogP contribution in [0.15, 0.2) is 42.0 Å². The number of fused-ring (bicyclic) bond motifs is 1. The van der Waals surface area contributed by atoms with Crippen LogP contribution in [0.3, 0.4) is 0 Å². The van der Waals surface area contributed by atoms with Gasteiger partial charge in [0, 0.05) is 17.3 Å². The standard InChI is InChI=1S/C20H20N2O2/c23-11-17-5-7-19(21-17)14-3-1-13-2-4-15(10-16(13)9-14)20-8-6-18(12-24)22-20/h5-14,21-22H,1-4H2/t13-,14+/m1/s1. The van der Waals surface area contributed by atoms with E-state index in [2.05, 4.69) is 22.1 Å². The summed E-state index contributed by atoms with van der Waals surface area (Å²) < 4.78 is 0. The molecule has 2 N–H and O–H groups in total. The molecule has 0 fully saturated rings. The summed E-state index contributed by atoms with van der Waals surface area (Å²) in [7, 11) is 0. The number of hydrogen-bond acceptors (Lipinski definition) is 2. The molecule has 0 amide bonds. The van der Waals surface area contributed by atoms with Gasteiger partial charge in [0.25, 0.3) is 0 Å². The molecule has 0 radical (unpaired) electrons. The number of H-pyrrole nitrogens is 2. The van der Waals surface area contributed by atoms with Crippen LogP contribution < -0.4 is 0 Å². The van der Waals surface area contributed by atoms with Crippen LogP contribution in [0.2, 0.25) is 0 Å². The molecule has 2 atom stereocenters. The van der Waals surface area contributed by atoms with E-state index in [9.17, 15) is 9.59 Å². The zero-order chi connectivity index (χ0) is 16.5. The van der Waals surface area contributed by atoms with Crippen molar-refractivity contribution < 1.29 is 9.59 Å². The highest BCUT2D eigenvalue weighted by atomic mass is 16.1. The number of allylic oxidation sites excluding steroid dienone is 4. The number of aromatic nitrogens is 2. The van der Waals surface area contributed by atoms with Gasteiger partial charge in [-0.25, -0.2) is 0 Å². The topological polar surface area (TPSA) is 65.7 Å². The van der Waals surface area contributed by atoms with Crippen LogP contribution in [0.5, 0.6) is 0 Å². The van der Waals surface area contributed by atoms with Crippen LogP contribution in [0.4, 0.5) is 0 Å². The number of carbonyl (C=O) groups is 2. The summed E-state index contributed by atoms with van der Waals surface area (Å²) >= 11 is 0. The minimum atomic E-state index is 0.342. The number of hydrogen-bond donors (Lipinski definition) is 2. The summed E-state index contributed by atoms with van der Waals surface area (Å²) in [6.07, 6.45) is 10.8. The SMILES string of the molecule is O=Cc1ccc(C2=CC3=C[C@@H](c4ccc(C=O)[nH]4)CC[C@@H]3CC2)[nH]1. The second kappa shape index (κ2) is 6.11. The molecule has 2 aromatic rings. The Bertz CT molecular complexity index is 837. The molecule has 0 unspecified atom stereocenters. The van der Waals surface area contributed by atoms with Crippen molar-refractivity contribution in [1.29, 1.82) is 0 Å². The molecule has 0 aromatic carbocycles. The average molecular weight is 320 g/mol. The number of rotatable bonds is 4. The van der Waals surface area contributed by atoms with E-state index in [4.69, 9.17) is 0 Å². The molecule has 122 valence electrons. The van der Waals surface area contributed by atoms with Gasteiger partial charge in [-0.05, 0) is 67.0 Å². The van der Waals surface area contributed by atoms with Gasteiger partial charge in [-0.2, -0.15) is 0 Å². The minimum Gasteiger partial charge on any atom is -0.356 e. The first-order chi connectivity index (χ1) is 11.8. The minimum absolute atomic E-state index is 0.342. The highest BCUT2D eigenvalue weighted by Gasteiger charge is 2.27.